The average Bonchev–Trinajstić information content (AvgIpc) is 2.93. The van der Waals surface area contributed by atoms with Crippen molar-refractivity contribution in [1.82, 2.24) is 30.0 Å². The Morgan fingerprint density at radius 1 is 1.50 bits per heavy atom. The van der Waals surface area contributed by atoms with E-state index < -0.39 is 5.97 Å². The molecule has 2 aromatic heterocycles. The van der Waals surface area contributed by atoms with Gasteiger partial charge in [-0.1, -0.05) is 13.8 Å². The molecule has 0 fully saturated rings. The highest BCUT2D eigenvalue weighted by Gasteiger charge is 2.18. The maximum atomic E-state index is 10.7. The summed E-state index contributed by atoms with van der Waals surface area (Å²) in [6.07, 6.45) is 2.75. The number of nitrogens with zero attached hydrogens (tertiary/aromatic N) is 6. The lowest BCUT2D eigenvalue weighted by atomic mass is 10.1. The van der Waals surface area contributed by atoms with E-state index in [9.17, 15) is 4.79 Å². The Balaban J connectivity index is 2.26. The minimum Gasteiger partial charge on any atom is -0.481 e. The highest BCUT2D eigenvalue weighted by molar-refractivity contribution is 5.67. The first-order valence-electron chi connectivity index (χ1n) is 6.52. The maximum Gasteiger partial charge on any atom is 0.303 e. The van der Waals surface area contributed by atoms with Gasteiger partial charge in [0.15, 0.2) is 5.82 Å². The molecule has 1 unspecified atom stereocenters. The number of rotatable bonds is 6. The van der Waals surface area contributed by atoms with E-state index in [2.05, 4.69) is 20.6 Å². The van der Waals surface area contributed by atoms with E-state index in [1.165, 1.54) is 0 Å². The van der Waals surface area contributed by atoms with Crippen LogP contribution in [0.5, 0.6) is 0 Å². The molecule has 0 radical (unpaired) electrons. The van der Waals surface area contributed by atoms with Crippen LogP contribution in [0.2, 0.25) is 0 Å². The topological polar surface area (TPSA) is 98.7 Å². The number of carboxylic acids is 1. The number of aryl methyl sites for hydroxylation is 2. The fraction of sp³-hybridized carbons (Fsp3) is 0.583. The first-order valence-corrected chi connectivity index (χ1v) is 6.52. The predicted octanol–water partition coefficient (Wildman–Crippen LogP) is 0.747. The molecule has 8 heteroatoms. The molecule has 0 saturated carbocycles. The summed E-state index contributed by atoms with van der Waals surface area (Å²) in [5, 5.41) is 24.9. The van der Waals surface area contributed by atoms with E-state index >= 15 is 0 Å². The van der Waals surface area contributed by atoms with Crippen LogP contribution in [0.3, 0.4) is 0 Å². The molecule has 8 nitrogen and oxygen atoms in total. The fourth-order valence-corrected chi connectivity index (χ4v) is 2.16. The van der Waals surface area contributed by atoms with Gasteiger partial charge in [0.25, 0.3) is 0 Å². The Bertz CT molecular complexity index is 603. The molecule has 2 rings (SSSR count). The first kappa shape index (κ1) is 14.2. The lowest BCUT2D eigenvalue weighted by Crippen LogP contribution is -2.14. The van der Waals surface area contributed by atoms with Crippen molar-refractivity contribution >= 4 is 5.97 Å². The smallest absolute Gasteiger partial charge is 0.303 e. The van der Waals surface area contributed by atoms with Gasteiger partial charge in [-0.3, -0.25) is 9.48 Å². The summed E-state index contributed by atoms with van der Waals surface area (Å²) in [5.74, 6) is -0.230. The van der Waals surface area contributed by atoms with Crippen molar-refractivity contribution in [3.05, 3.63) is 11.9 Å². The van der Waals surface area contributed by atoms with E-state index in [0.29, 0.717) is 12.4 Å². The Morgan fingerprint density at radius 2 is 2.25 bits per heavy atom. The predicted molar refractivity (Wildman–Crippen MR) is 70.8 cm³/mol. The summed E-state index contributed by atoms with van der Waals surface area (Å²) in [5.41, 5.74) is 1.82. The molecule has 0 aliphatic rings. The number of hydrogen-bond acceptors (Lipinski definition) is 5. The van der Waals surface area contributed by atoms with Crippen molar-refractivity contribution in [3.63, 3.8) is 0 Å². The van der Waals surface area contributed by atoms with Crippen LogP contribution in [0.1, 0.15) is 26.0 Å². The minimum atomic E-state index is -0.817. The summed E-state index contributed by atoms with van der Waals surface area (Å²) < 4.78 is 3.37. The van der Waals surface area contributed by atoms with Crippen LogP contribution < -0.4 is 0 Å². The number of aliphatic carboxylic acids is 1. The summed E-state index contributed by atoms with van der Waals surface area (Å²) >= 11 is 0. The van der Waals surface area contributed by atoms with Gasteiger partial charge in [-0.05, 0) is 22.8 Å². The molecule has 0 bridgehead atoms. The molecule has 20 heavy (non-hydrogen) atoms. The van der Waals surface area contributed by atoms with E-state index in [1.54, 1.807) is 9.36 Å². The lowest BCUT2D eigenvalue weighted by molar-refractivity contribution is -0.138. The van der Waals surface area contributed by atoms with Crippen LogP contribution in [0.15, 0.2) is 6.20 Å². The zero-order valence-electron chi connectivity index (χ0n) is 11.8. The Labute approximate surface area is 116 Å². The number of hydrogen-bond donors (Lipinski definition) is 1. The van der Waals surface area contributed by atoms with Gasteiger partial charge in [0.1, 0.15) is 0 Å². The van der Waals surface area contributed by atoms with Gasteiger partial charge in [-0.2, -0.15) is 5.10 Å². The van der Waals surface area contributed by atoms with Gasteiger partial charge in [0, 0.05) is 26.2 Å². The van der Waals surface area contributed by atoms with Crippen LogP contribution in [-0.4, -0.2) is 41.1 Å². The lowest BCUT2D eigenvalue weighted by Gasteiger charge is -2.09. The Hall–Kier alpha value is -2.25. The molecule has 0 spiro atoms. The monoisotopic (exact) mass is 278 g/mol. The molecule has 108 valence electrons. The minimum absolute atomic E-state index is 0.0449. The maximum absolute atomic E-state index is 10.7. The van der Waals surface area contributed by atoms with Gasteiger partial charge in [0.05, 0.1) is 11.3 Å². The highest BCUT2D eigenvalue weighted by Crippen LogP contribution is 2.21. The Kier molecular flexibility index (Phi) is 4.11. The zero-order valence-corrected chi connectivity index (χ0v) is 11.8. The van der Waals surface area contributed by atoms with Gasteiger partial charge < -0.3 is 5.11 Å². The number of tetrazole rings is 1. The van der Waals surface area contributed by atoms with Gasteiger partial charge >= 0.3 is 5.97 Å². The SMILES string of the molecule is CCc1nn(C)cc1-c1nnnn1CC(C)CC(=O)O. The molecule has 2 heterocycles. The van der Waals surface area contributed by atoms with E-state index in [1.807, 2.05) is 27.1 Å². The van der Waals surface area contributed by atoms with Crippen LogP contribution in [0.25, 0.3) is 11.4 Å². The second-order valence-electron chi connectivity index (χ2n) is 4.90. The van der Waals surface area contributed by atoms with Crippen LogP contribution in [-0.2, 0) is 24.8 Å². The second-order valence-corrected chi connectivity index (χ2v) is 4.90. The molecule has 0 aliphatic carbocycles. The molecule has 1 N–H and O–H groups in total. The van der Waals surface area contributed by atoms with Crippen LogP contribution in [0.4, 0.5) is 0 Å². The third kappa shape index (κ3) is 3.01. The van der Waals surface area contributed by atoms with Gasteiger partial charge in [-0.25, -0.2) is 4.68 Å². The number of aromatic nitrogens is 6. The highest BCUT2D eigenvalue weighted by atomic mass is 16.4. The number of carbonyl (C=O) groups is 1. The first-order chi connectivity index (χ1) is 9.51. The quantitative estimate of drug-likeness (QED) is 0.837. The van der Waals surface area contributed by atoms with E-state index in [0.717, 1.165) is 17.7 Å². The molecule has 2 aromatic rings. The van der Waals surface area contributed by atoms with Crippen molar-refractivity contribution in [1.29, 1.82) is 0 Å². The summed E-state index contributed by atoms with van der Waals surface area (Å²) in [6, 6.07) is 0. The standard InChI is InChI=1S/C12H18N6O2/c1-4-10-9(7-17(3)14-10)12-13-15-16-18(12)6-8(2)5-11(19)20/h7-8H,4-6H2,1-3H3,(H,19,20). The molecule has 0 aliphatic heterocycles. The summed E-state index contributed by atoms with van der Waals surface area (Å²) in [4.78, 5) is 10.7. The van der Waals surface area contributed by atoms with Crippen LogP contribution in [0, 0.1) is 5.92 Å². The fourth-order valence-electron chi connectivity index (χ4n) is 2.16. The third-order valence-electron chi connectivity index (χ3n) is 3.02. The molecule has 1 atom stereocenters. The number of carboxylic acid groups (broad SMARTS) is 1. The van der Waals surface area contributed by atoms with Crippen molar-refractivity contribution in [2.45, 2.75) is 33.2 Å². The zero-order chi connectivity index (χ0) is 14.7. The summed E-state index contributed by atoms with van der Waals surface area (Å²) in [6.45, 7) is 4.35. The van der Waals surface area contributed by atoms with Crippen molar-refractivity contribution < 1.29 is 9.90 Å². The second kappa shape index (κ2) is 5.81. The van der Waals surface area contributed by atoms with Gasteiger partial charge in [-0.15, -0.1) is 5.10 Å². The Morgan fingerprint density at radius 3 is 2.90 bits per heavy atom. The molecular weight excluding hydrogens is 260 g/mol. The molecule has 0 aromatic carbocycles. The van der Waals surface area contributed by atoms with Crippen molar-refractivity contribution in [3.8, 4) is 11.4 Å². The van der Waals surface area contributed by atoms with E-state index in [-0.39, 0.29) is 12.3 Å². The normalized spacial score (nSPS) is 12.6. The van der Waals surface area contributed by atoms with Crippen LogP contribution >= 0.6 is 0 Å². The molecule has 0 amide bonds. The largest absolute Gasteiger partial charge is 0.481 e. The molecular formula is C12H18N6O2. The van der Waals surface area contributed by atoms with Crippen molar-refractivity contribution in [2.24, 2.45) is 13.0 Å². The average molecular weight is 278 g/mol. The molecule has 0 saturated heterocycles. The third-order valence-corrected chi connectivity index (χ3v) is 3.02. The van der Waals surface area contributed by atoms with Crippen molar-refractivity contribution in [2.75, 3.05) is 0 Å². The van der Waals surface area contributed by atoms with Gasteiger partial charge in [0.2, 0.25) is 0 Å². The summed E-state index contributed by atoms with van der Waals surface area (Å²) in [7, 11) is 1.85. The van der Waals surface area contributed by atoms with E-state index in [4.69, 9.17) is 5.11 Å².